The van der Waals surface area contributed by atoms with Crippen LogP contribution in [0.15, 0.2) is 40.2 Å². The zero-order chi connectivity index (χ0) is 15.6. The number of aromatic nitrogens is 2. The molecule has 0 saturated carbocycles. The summed E-state index contributed by atoms with van der Waals surface area (Å²) in [5.74, 6) is 0.671. The predicted molar refractivity (Wildman–Crippen MR) is 80.6 cm³/mol. The number of benzene rings is 1. The Hall–Kier alpha value is -2.34. The molecule has 0 aliphatic carbocycles. The first kappa shape index (κ1) is 15.1. The summed E-state index contributed by atoms with van der Waals surface area (Å²) in [7, 11) is 3.11. The van der Waals surface area contributed by atoms with Crippen molar-refractivity contribution >= 4 is 0 Å². The van der Waals surface area contributed by atoms with Crippen LogP contribution in [-0.2, 0) is 13.6 Å². The third kappa shape index (κ3) is 3.05. The molecule has 1 heterocycles. The molecule has 0 amide bonds. The largest absolute Gasteiger partial charge is 0.496 e. The first-order valence-corrected chi connectivity index (χ1v) is 6.60. The van der Waals surface area contributed by atoms with Crippen molar-refractivity contribution in [1.82, 2.24) is 9.13 Å². The molecule has 21 heavy (non-hydrogen) atoms. The first-order chi connectivity index (χ1) is 9.93. The molecule has 1 aromatic heterocycles. The van der Waals surface area contributed by atoms with Gasteiger partial charge in [-0.15, -0.1) is 0 Å². The summed E-state index contributed by atoms with van der Waals surface area (Å²) in [5, 5.41) is 0. The molecule has 112 valence electrons. The highest BCUT2D eigenvalue weighted by molar-refractivity contribution is 5.38. The normalized spacial score (nSPS) is 12.2. The van der Waals surface area contributed by atoms with E-state index in [0.29, 0.717) is 5.75 Å². The highest BCUT2D eigenvalue weighted by atomic mass is 16.5. The lowest BCUT2D eigenvalue weighted by Gasteiger charge is -2.17. The van der Waals surface area contributed by atoms with Gasteiger partial charge in [0.2, 0.25) is 0 Å². The average molecular weight is 289 g/mol. The van der Waals surface area contributed by atoms with E-state index in [2.05, 4.69) is 0 Å². The number of nitrogens with zero attached hydrogens (tertiary/aromatic N) is 2. The minimum absolute atomic E-state index is 0.217. The van der Waals surface area contributed by atoms with Crippen molar-refractivity contribution < 1.29 is 4.74 Å². The molecule has 0 spiro atoms. The maximum atomic E-state index is 11.9. The van der Waals surface area contributed by atoms with Crippen molar-refractivity contribution in [3.8, 4) is 5.75 Å². The Bertz CT molecular complexity index is 761. The second kappa shape index (κ2) is 5.97. The van der Waals surface area contributed by atoms with Gasteiger partial charge >= 0.3 is 11.1 Å². The van der Waals surface area contributed by atoms with E-state index >= 15 is 0 Å². The van der Waals surface area contributed by atoms with E-state index in [1.165, 1.54) is 16.2 Å². The van der Waals surface area contributed by atoms with E-state index in [-0.39, 0.29) is 6.54 Å². The number of ether oxygens (including phenoxy) is 1. The van der Waals surface area contributed by atoms with Gasteiger partial charge in [0.1, 0.15) is 5.75 Å². The second-order valence-corrected chi connectivity index (χ2v) is 5.02. The van der Waals surface area contributed by atoms with Gasteiger partial charge in [-0.3, -0.25) is 9.59 Å². The SMILES string of the molecule is COc1ccc(C)cc1C(N)Cn1ccn(C)c(=O)c1=O. The highest BCUT2D eigenvalue weighted by Crippen LogP contribution is 2.25. The fourth-order valence-electron chi connectivity index (χ4n) is 2.19. The lowest BCUT2D eigenvalue weighted by Crippen LogP contribution is -2.41. The number of hydrogen-bond acceptors (Lipinski definition) is 4. The van der Waals surface area contributed by atoms with Crippen LogP contribution >= 0.6 is 0 Å². The van der Waals surface area contributed by atoms with E-state index in [1.807, 2.05) is 25.1 Å². The molecule has 0 fully saturated rings. The quantitative estimate of drug-likeness (QED) is 0.834. The molecule has 0 bridgehead atoms. The van der Waals surface area contributed by atoms with E-state index in [4.69, 9.17) is 10.5 Å². The standard InChI is InChI=1S/C15H19N3O3/c1-10-4-5-13(21-3)11(8-10)12(16)9-18-7-6-17(2)14(19)15(18)20/h4-8,12H,9,16H2,1-3H3. The van der Waals surface area contributed by atoms with Crippen molar-refractivity contribution in [2.45, 2.75) is 19.5 Å². The molecule has 0 saturated heterocycles. The first-order valence-electron chi connectivity index (χ1n) is 6.60. The smallest absolute Gasteiger partial charge is 0.316 e. The van der Waals surface area contributed by atoms with Crippen molar-refractivity contribution in [2.24, 2.45) is 12.8 Å². The van der Waals surface area contributed by atoms with E-state index in [9.17, 15) is 9.59 Å². The van der Waals surface area contributed by atoms with E-state index in [1.54, 1.807) is 19.5 Å². The van der Waals surface area contributed by atoms with Crippen LogP contribution in [-0.4, -0.2) is 16.2 Å². The summed E-state index contributed by atoms with van der Waals surface area (Å²) in [5.41, 5.74) is 6.89. The number of aryl methyl sites for hydroxylation is 2. The summed E-state index contributed by atoms with van der Waals surface area (Å²) >= 11 is 0. The molecule has 2 N–H and O–H groups in total. The highest BCUT2D eigenvalue weighted by Gasteiger charge is 2.14. The average Bonchev–Trinajstić information content (AvgIpc) is 2.47. The van der Waals surface area contributed by atoms with Crippen molar-refractivity contribution in [1.29, 1.82) is 0 Å². The Labute approximate surface area is 122 Å². The molecule has 0 radical (unpaired) electrons. The van der Waals surface area contributed by atoms with Gasteiger partial charge < -0.3 is 19.6 Å². The molecule has 1 unspecified atom stereocenters. The Morgan fingerprint density at radius 1 is 1.24 bits per heavy atom. The number of hydrogen-bond donors (Lipinski definition) is 1. The van der Waals surface area contributed by atoms with Crippen LogP contribution in [0.5, 0.6) is 5.75 Å². The van der Waals surface area contributed by atoms with Crippen LogP contribution in [0.1, 0.15) is 17.2 Å². The molecule has 6 nitrogen and oxygen atoms in total. The van der Waals surface area contributed by atoms with Crippen LogP contribution in [0.25, 0.3) is 0 Å². The maximum absolute atomic E-state index is 11.9. The molecule has 1 aromatic carbocycles. The van der Waals surface area contributed by atoms with Crippen molar-refractivity contribution in [3.63, 3.8) is 0 Å². The minimum Gasteiger partial charge on any atom is -0.496 e. The predicted octanol–water partition coefficient (Wildman–Crippen LogP) is 0.564. The number of rotatable bonds is 4. The van der Waals surface area contributed by atoms with Gasteiger partial charge in [0.15, 0.2) is 0 Å². The van der Waals surface area contributed by atoms with E-state index in [0.717, 1.165) is 11.1 Å². The molecule has 1 atom stereocenters. The van der Waals surface area contributed by atoms with Gasteiger partial charge in [0.25, 0.3) is 0 Å². The molecule has 0 aliphatic heterocycles. The molecular formula is C15H19N3O3. The maximum Gasteiger partial charge on any atom is 0.316 e. The minimum atomic E-state index is -0.581. The lowest BCUT2D eigenvalue weighted by atomic mass is 10.0. The fraction of sp³-hybridized carbons (Fsp3) is 0.333. The van der Waals surface area contributed by atoms with Crippen LogP contribution in [0.4, 0.5) is 0 Å². The summed E-state index contributed by atoms with van der Waals surface area (Å²) in [6, 6.07) is 5.26. The lowest BCUT2D eigenvalue weighted by molar-refractivity contribution is 0.401. The molecule has 0 aliphatic rings. The molecular weight excluding hydrogens is 270 g/mol. The summed E-state index contributed by atoms with van der Waals surface area (Å²) < 4.78 is 7.87. The third-order valence-electron chi connectivity index (χ3n) is 3.41. The Morgan fingerprint density at radius 3 is 2.62 bits per heavy atom. The van der Waals surface area contributed by atoms with Crippen LogP contribution in [0, 0.1) is 6.92 Å². The topological polar surface area (TPSA) is 79.2 Å². The summed E-state index contributed by atoms with van der Waals surface area (Å²) in [6.07, 6.45) is 3.11. The zero-order valence-electron chi connectivity index (χ0n) is 12.4. The van der Waals surface area contributed by atoms with Gasteiger partial charge in [-0.2, -0.15) is 0 Å². The fourth-order valence-corrected chi connectivity index (χ4v) is 2.19. The van der Waals surface area contributed by atoms with E-state index < -0.39 is 17.2 Å². The van der Waals surface area contributed by atoms with Gasteiger partial charge in [-0.25, -0.2) is 0 Å². The summed E-state index contributed by atoms with van der Waals surface area (Å²) in [4.78, 5) is 23.6. The number of nitrogens with two attached hydrogens (primary N) is 1. The van der Waals surface area contributed by atoms with Gasteiger partial charge in [-0.1, -0.05) is 17.7 Å². The van der Waals surface area contributed by atoms with Crippen LogP contribution in [0.3, 0.4) is 0 Å². The van der Waals surface area contributed by atoms with Crippen molar-refractivity contribution in [3.05, 3.63) is 62.4 Å². The molecule has 2 aromatic rings. The second-order valence-electron chi connectivity index (χ2n) is 5.02. The number of methoxy groups -OCH3 is 1. The van der Waals surface area contributed by atoms with Crippen LogP contribution < -0.4 is 21.6 Å². The van der Waals surface area contributed by atoms with Gasteiger partial charge in [0, 0.05) is 31.5 Å². The van der Waals surface area contributed by atoms with Gasteiger partial charge in [-0.05, 0) is 13.0 Å². The third-order valence-corrected chi connectivity index (χ3v) is 3.41. The van der Waals surface area contributed by atoms with Crippen LogP contribution in [0.2, 0.25) is 0 Å². The summed E-state index contributed by atoms with van der Waals surface area (Å²) in [6.45, 7) is 2.18. The Morgan fingerprint density at radius 2 is 1.95 bits per heavy atom. The molecule has 6 heteroatoms. The monoisotopic (exact) mass is 289 g/mol. The van der Waals surface area contributed by atoms with Crippen molar-refractivity contribution in [2.75, 3.05) is 7.11 Å². The van der Waals surface area contributed by atoms with Gasteiger partial charge in [0.05, 0.1) is 13.2 Å². The Balaban J connectivity index is 2.37. The zero-order valence-corrected chi connectivity index (χ0v) is 12.4. The molecule has 2 rings (SSSR count). The Kier molecular flexibility index (Phi) is 4.28.